The third-order valence-corrected chi connectivity index (χ3v) is 2.93. The van der Waals surface area contributed by atoms with Crippen LogP contribution >= 0.6 is 11.6 Å². The van der Waals surface area contributed by atoms with Crippen molar-refractivity contribution in [2.75, 3.05) is 7.11 Å². The highest BCUT2D eigenvalue weighted by Gasteiger charge is 2.19. The van der Waals surface area contributed by atoms with Crippen LogP contribution in [0.5, 0.6) is 11.5 Å². The van der Waals surface area contributed by atoms with Crippen molar-refractivity contribution in [3.63, 3.8) is 0 Å². The van der Waals surface area contributed by atoms with Gasteiger partial charge in [-0.1, -0.05) is 23.7 Å². The van der Waals surface area contributed by atoms with Gasteiger partial charge in [-0.3, -0.25) is 0 Å². The molecule has 6 heteroatoms. The normalized spacial score (nSPS) is 9.81. The molecule has 21 heavy (non-hydrogen) atoms. The number of nitriles is 1. The second-order valence-corrected chi connectivity index (χ2v) is 4.38. The third kappa shape index (κ3) is 3.12. The van der Waals surface area contributed by atoms with E-state index in [0.29, 0.717) is 0 Å². The maximum absolute atomic E-state index is 13.5. The van der Waals surface area contributed by atoms with Gasteiger partial charge in [-0.15, -0.1) is 0 Å². The molecule has 0 N–H and O–H groups in total. The van der Waals surface area contributed by atoms with E-state index in [1.807, 2.05) is 6.07 Å². The van der Waals surface area contributed by atoms with Crippen LogP contribution in [0.4, 0.5) is 4.39 Å². The van der Waals surface area contributed by atoms with Gasteiger partial charge in [-0.2, -0.15) is 5.26 Å². The maximum atomic E-state index is 13.5. The number of benzene rings is 2. The minimum atomic E-state index is -0.905. The SMILES string of the molecule is COc1cc(C#N)cc(Cl)c1OC(=O)c1ccccc1F. The zero-order valence-electron chi connectivity index (χ0n) is 10.9. The van der Waals surface area contributed by atoms with Gasteiger partial charge in [0.15, 0.2) is 11.5 Å². The van der Waals surface area contributed by atoms with Crippen LogP contribution in [-0.4, -0.2) is 13.1 Å². The summed E-state index contributed by atoms with van der Waals surface area (Å²) in [7, 11) is 1.34. The number of methoxy groups -OCH3 is 1. The largest absolute Gasteiger partial charge is 0.493 e. The Labute approximate surface area is 125 Å². The van der Waals surface area contributed by atoms with Crippen LogP contribution < -0.4 is 9.47 Å². The van der Waals surface area contributed by atoms with Gasteiger partial charge in [0, 0.05) is 6.07 Å². The molecule has 2 aromatic rings. The molecule has 0 aromatic heterocycles. The number of halogens is 2. The molecule has 0 amide bonds. The molecule has 0 unspecified atom stereocenters. The van der Waals surface area contributed by atoms with Crippen molar-refractivity contribution in [2.24, 2.45) is 0 Å². The highest BCUT2D eigenvalue weighted by Crippen LogP contribution is 2.36. The van der Waals surface area contributed by atoms with E-state index in [-0.39, 0.29) is 27.6 Å². The lowest BCUT2D eigenvalue weighted by atomic mass is 10.2. The summed E-state index contributed by atoms with van der Waals surface area (Å²) < 4.78 is 23.7. The number of carbonyl (C=O) groups is 1. The van der Waals surface area contributed by atoms with E-state index < -0.39 is 11.8 Å². The van der Waals surface area contributed by atoms with Crippen molar-refractivity contribution >= 4 is 17.6 Å². The number of ether oxygens (including phenoxy) is 2. The summed E-state index contributed by atoms with van der Waals surface area (Å²) >= 11 is 5.96. The number of rotatable bonds is 3. The van der Waals surface area contributed by atoms with E-state index in [4.69, 9.17) is 26.3 Å². The van der Waals surface area contributed by atoms with Gasteiger partial charge >= 0.3 is 5.97 Å². The average molecular weight is 306 g/mol. The van der Waals surface area contributed by atoms with E-state index in [2.05, 4.69) is 0 Å². The molecular formula is C15H9ClFNO3. The number of carbonyl (C=O) groups excluding carboxylic acids is 1. The zero-order chi connectivity index (χ0) is 15.4. The Kier molecular flexibility index (Phi) is 4.41. The summed E-state index contributed by atoms with van der Waals surface area (Å²) in [6.07, 6.45) is 0. The molecular weight excluding hydrogens is 297 g/mol. The van der Waals surface area contributed by atoms with Gasteiger partial charge in [0.2, 0.25) is 0 Å². The number of esters is 1. The molecule has 0 aliphatic rings. The Morgan fingerprint density at radius 2 is 2.05 bits per heavy atom. The fourth-order valence-corrected chi connectivity index (χ4v) is 1.91. The first-order chi connectivity index (χ1) is 10.1. The second kappa shape index (κ2) is 6.25. The topological polar surface area (TPSA) is 59.3 Å². The molecule has 0 heterocycles. The van der Waals surface area contributed by atoms with Crippen LogP contribution in [0.25, 0.3) is 0 Å². The van der Waals surface area contributed by atoms with E-state index in [9.17, 15) is 9.18 Å². The van der Waals surface area contributed by atoms with E-state index >= 15 is 0 Å². The number of hydrogen-bond donors (Lipinski definition) is 0. The number of hydrogen-bond acceptors (Lipinski definition) is 4. The van der Waals surface area contributed by atoms with Crippen LogP contribution in [-0.2, 0) is 0 Å². The van der Waals surface area contributed by atoms with E-state index in [1.54, 1.807) is 0 Å². The average Bonchev–Trinajstić information content (AvgIpc) is 2.49. The van der Waals surface area contributed by atoms with Crippen molar-refractivity contribution in [2.45, 2.75) is 0 Å². The Bertz CT molecular complexity index is 740. The maximum Gasteiger partial charge on any atom is 0.346 e. The highest BCUT2D eigenvalue weighted by atomic mass is 35.5. The zero-order valence-corrected chi connectivity index (χ0v) is 11.6. The van der Waals surface area contributed by atoms with Crippen LogP contribution in [0.2, 0.25) is 5.02 Å². The van der Waals surface area contributed by atoms with Gasteiger partial charge in [-0.05, 0) is 18.2 Å². The van der Waals surface area contributed by atoms with Gasteiger partial charge in [0.25, 0.3) is 0 Å². The molecule has 0 aliphatic heterocycles. The third-order valence-electron chi connectivity index (χ3n) is 2.65. The molecule has 0 saturated carbocycles. The van der Waals surface area contributed by atoms with Crippen molar-refractivity contribution < 1.29 is 18.7 Å². The van der Waals surface area contributed by atoms with Crippen LogP contribution in [0.3, 0.4) is 0 Å². The summed E-state index contributed by atoms with van der Waals surface area (Å²) in [6.45, 7) is 0. The molecule has 0 aliphatic carbocycles. The van der Waals surface area contributed by atoms with Crippen molar-refractivity contribution in [1.82, 2.24) is 0 Å². The highest BCUT2D eigenvalue weighted by molar-refractivity contribution is 6.32. The summed E-state index contributed by atoms with van der Waals surface area (Å²) in [4.78, 5) is 12.0. The van der Waals surface area contributed by atoms with Crippen LogP contribution in [0.15, 0.2) is 36.4 Å². The molecule has 106 valence electrons. The number of nitrogens with zero attached hydrogens (tertiary/aromatic N) is 1. The first kappa shape index (κ1) is 14.8. The molecule has 0 bridgehead atoms. The first-order valence-corrected chi connectivity index (χ1v) is 6.19. The quantitative estimate of drug-likeness (QED) is 0.642. The molecule has 0 atom stereocenters. The van der Waals surface area contributed by atoms with Crippen molar-refractivity contribution in [3.8, 4) is 17.6 Å². The molecule has 2 aromatic carbocycles. The van der Waals surface area contributed by atoms with Gasteiger partial charge in [-0.25, -0.2) is 9.18 Å². The molecule has 0 fully saturated rings. The van der Waals surface area contributed by atoms with Gasteiger partial charge in [0.05, 0.1) is 29.3 Å². The Balaban J connectivity index is 2.38. The Morgan fingerprint density at radius 3 is 2.67 bits per heavy atom. The predicted octanol–water partition coefficient (Wildman–Crippen LogP) is 3.58. The molecule has 0 spiro atoms. The molecule has 0 saturated heterocycles. The lowest BCUT2D eigenvalue weighted by Crippen LogP contribution is -2.11. The second-order valence-electron chi connectivity index (χ2n) is 3.97. The van der Waals surface area contributed by atoms with E-state index in [0.717, 1.165) is 6.07 Å². The molecule has 0 radical (unpaired) electrons. The Morgan fingerprint density at radius 1 is 1.33 bits per heavy atom. The van der Waals surface area contributed by atoms with E-state index in [1.165, 1.54) is 37.4 Å². The van der Waals surface area contributed by atoms with Crippen LogP contribution in [0, 0.1) is 17.1 Å². The van der Waals surface area contributed by atoms with Crippen molar-refractivity contribution in [1.29, 1.82) is 5.26 Å². The summed E-state index contributed by atoms with van der Waals surface area (Å²) in [6, 6.07) is 10.0. The smallest absolute Gasteiger partial charge is 0.346 e. The first-order valence-electron chi connectivity index (χ1n) is 5.81. The predicted molar refractivity (Wildman–Crippen MR) is 74.1 cm³/mol. The van der Waals surface area contributed by atoms with Crippen LogP contribution in [0.1, 0.15) is 15.9 Å². The minimum absolute atomic E-state index is 0.0237. The fraction of sp³-hybridized carbons (Fsp3) is 0.0667. The molecule has 2 rings (SSSR count). The minimum Gasteiger partial charge on any atom is -0.493 e. The lowest BCUT2D eigenvalue weighted by Gasteiger charge is -2.11. The fourth-order valence-electron chi connectivity index (χ4n) is 1.66. The lowest BCUT2D eigenvalue weighted by molar-refractivity contribution is 0.0725. The van der Waals surface area contributed by atoms with Gasteiger partial charge < -0.3 is 9.47 Å². The summed E-state index contributed by atoms with van der Waals surface area (Å²) in [5, 5.41) is 8.87. The monoisotopic (exact) mass is 305 g/mol. The summed E-state index contributed by atoms with van der Waals surface area (Å²) in [5.74, 6) is -1.56. The Hall–Kier alpha value is -2.58. The standard InChI is InChI=1S/C15H9ClFNO3/c1-20-13-7-9(8-18)6-11(16)14(13)21-15(19)10-4-2-3-5-12(10)17/h2-7H,1H3. The van der Waals surface area contributed by atoms with Crippen molar-refractivity contribution in [3.05, 3.63) is 58.4 Å². The van der Waals surface area contributed by atoms with Gasteiger partial charge in [0.1, 0.15) is 5.82 Å². The summed E-state index contributed by atoms with van der Waals surface area (Å²) in [5.41, 5.74) is 0.0301. The molecule has 4 nitrogen and oxygen atoms in total.